The molecule has 1 aliphatic rings. The largest absolute Gasteiger partial charge is 0.453 e. The molecule has 0 spiro atoms. The van der Waals surface area contributed by atoms with Crippen molar-refractivity contribution in [2.75, 3.05) is 5.32 Å². The summed E-state index contributed by atoms with van der Waals surface area (Å²) in [4.78, 5) is 3.46. The van der Waals surface area contributed by atoms with E-state index in [4.69, 9.17) is 0 Å². The van der Waals surface area contributed by atoms with Crippen LogP contribution >= 0.6 is 0 Å². The van der Waals surface area contributed by atoms with Crippen LogP contribution in [0.15, 0.2) is 48.5 Å². The SMILES string of the molecule is Fc1ccc(C2=C[C@@H](c3ccc(F)c(F)c3)n3nc(C(F)(F)F)nc3N2)cc1. The first-order valence-electron chi connectivity index (χ1n) is 7.96. The van der Waals surface area contributed by atoms with Gasteiger partial charge in [-0.2, -0.15) is 18.2 Å². The Morgan fingerprint density at radius 1 is 0.929 bits per heavy atom. The topological polar surface area (TPSA) is 42.7 Å². The van der Waals surface area contributed by atoms with Crippen LogP contribution in [0.3, 0.4) is 0 Å². The number of anilines is 1. The molecule has 0 radical (unpaired) electrons. The lowest BCUT2D eigenvalue weighted by molar-refractivity contribution is -0.145. The minimum atomic E-state index is -4.79. The number of allylic oxidation sites excluding steroid dienone is 1. The molecule has 3 aromatic rings. The molecule has 144 valence electrons. The molecule has 1 aromatic heterocycles. The lowest BCUT2D eigenvalue weighted by Crippen LogP contribution is -2.20. The second-order valence-electron chi connectivity index (χ2n) is 6.03. The molecule has 1 atom stereocenters. The molecule has 0 aliphatic carbocycles. The fourth-order valence-electron chi connectivity index (χ4n) is 2.84. The molecule has 0 amide bonds. The van der Waals surface area contributed by atoms with Gasteiger partial charge >= 0.3 is 6.18 Å². The molecule has 1 aliphatic heterocycles. The van der Waals surface area contributed by atoms with E-state index < -0.39 is 35.5 Å². The average Bonchev–Trinajstić information content (AvgIpc) is 3.08. The van der Waals surface area contributed by atoms with E-state index in [-0.39, 0.29) is 11.5 Å². The normalized spacial score (nSPS) is 16.4. The fourth-order valence-corrected chi connectivity index (χ4v) is 2.84. The highest BCUT2D eigenvalue weighted by Crippen LogP contribution is 2.36. The van der Waals surface area contributed by atoms with Gasteiger partial charge in [0.05, 0.1) is 0 Å². The number of rotatable bonds is 2. The monoisotopic (exact) mass is 396 g/mol. The lowest BCUT2D eigenvalue weighted by Gasteiger charge is -2.24. The number of hydrogen-bond acceptors (Lipinski definition) is 3. The number of fused-ring (bicyclic) bond motifs is 1. The molecule has 0 unspecified atom stereocenters. The molecule has 10 heteroatoms. The average molecular weight is 396 g/mol. The summed E-state index contributed by atoms with van der Waals surface area (Å²) in [5.41, 5.74) is 0.958. The van der Waals surface area contributed by atoms with E-state index in [1.165, 1.54) is 36.4 Å². The maximum absolute atomic E-state index is 13.7. The number of hydrogen-bond donors (Lipinski definition) is 1. The van der Waals surface area contributed by atoms with Gasteiger partial charge in [0.1, 0.15) is 11.9 Å². The Balaban J connectivity index is 1.85. The summed E-state index contributed by atoms with van der Waals surface area (Å²) in [7, 11) is 0. The van der Waals surface area contributed by atoms with Crippen LogP contribution in [-0.4, -0.2) is 14.8 Å². The summed E-state index contributed by atoms with van der Waals surface area (Å²) < 4.78 is 80.2. The molecule has 0 saturated carbocycles. The zero-order chi connectivity index (χ0) is 20.1. The number of halogens is 6. The van der Waals surface area contributed by atoms with Crippen molar-refractivity contribution in [3.05, 3.63) is 82.9 Å². The van der Waals surface area contributed by atoms with Gasteiger partial charge in [-0.25, -0.2) is 17.9 Å². The number of alkyl halides is 3. The van der Waals surface area contributed by atoms with E-state index in [9.17, 15) is 26.3 Å². The first-order chi connectivity index (χ1) is 13.2. The predicted octanol–water partition coefficient (Wildman–Crippen LogP) is 4.77. The molecule has 0 bridgehead atoms. The molecule has 2 heterocycles. The summed E-state index contributed by atoms with van der Waals surface area (Å²) in [5, 5.41) is 6.18. The molecule has 4 nitrogen and oxygen atoms in total. The molecule has 0 saturated heterocycles. The molecule has 0 fully saturated rings. The van der Waals surface area contributed by atoms with E-state index in [0.29, 0.717) is 11.3 Å². The second-order valence-corrected chi connectivity index (χ2v) is 6.03. The van der Waals surface area contributed by atoms with Gasteiger partial charge in [0.25, 0.3) is 5.82 Å². The Labute approximate surface area is 154 Å². The van der Waals surface area contributed by atoms with Crippen LogP contribution in [0.2, 0.25) is 0 Å². The van der Waals surface area contributed by atoms with Gasteiger partial charge < -0.3 is 5.32 Å². The molecule has 28 heavy (non-hydrogen) atoms. The quantitative estimate of drug-likeness (QED) is 0.635. The minimum absolute atomic E-state index is 0.167. The van der Waals surface area contributed by atoms with Gasteiger partial charge in [0.2, 0.25) is 5.95 Å². The number of aromatic nitrogens is 3. The van der Waals surface area contributed by atoms with Crippen molar-refractivity contribution in [2.24, 2.45) is 0 Å². The Hall–Kier alpha value is -3.30. The van der Waals surface area contributed by atoms with Gasteiger partial charge in [-0.1, -0.05) is 6.07 Å². The number of nitrogens with one attached hydrogen (secondary N) is 1. The van der Waals surface area contributed by atoms with Crippen molar-refractivity contribution < 1.29 is 26.3 Å². The van der Waals surface area contributed by atoms with Crippen molar-refractivity contribution in [1.82, 2.24) is 14.8 Å². The van der Waals surface area contributed by atoms with E-state index in [2.05, 4.69) is 15.4 Å². The maximum Gasteiger partial charge on any atom is 0.453 e. The molecule has 4 rings (SSSR count). The standard InChI is InChI=1S/C18H10F6N4/c19-11-4-1-9(2-5-11)14-8-15(10-3-6-12(20)13(21)7-10)28-17(25-14)26-16(27-28)18(22,23)24/h1-8,15H,(H,25,26,27)/t15-/m0/s1. The third-order valence-electron chi connectivity index (χ3n) is 4.16. The maximum atomic E-state index is 13.7. The van der Waals surface area contributed by atoms with Crippen molar-refractivity contribution in [2.45, 2.75) is 12.2 Å². The van der Waals surface area contributed by atoms with Crippen LogP contribution in [-0.2, 0) is 6.18 Å². The third-order valence-corrected chi connectivity index (χ3v) is 4.16. The smallest absolute Gasteiger partial charge is 0.324 e. The van der Waals surface area contributed by atoms with Crippen molar-refractivity contribution in [3.63, 3.8) is 0 Å². The highest BCUT2D eigenvalue weighted by atomic mass is 19.4. The Morgan fingerprint density at radius 3 is 2.29 bits per heavy atom. The summed E-state index contributed by atoms with van der Waals surface area (Å²) in [6.45, 7) is 0. The van der Waals surface area contributed by atoms with Crippen molar-refractivity contribution in [3.8, 4) is 0 Å². The summed E-state index contributed by atoms with van der Waals surface area (Å²) >= 11 is 0. The van der Waals surface area contributed by atoms with Gasteiger partial charge in [-0.15, -0.1) is 5.10 Å². The predicted molar refractivity (Wildman–Crippen MR) is 87.5 cm³/mol. The summed E-state index contributed by atoms with van der Waals surface area (Å²) in [6.07, 6.45) is -3.32. The fraction of sp³-hybridized carbons (Fsp3) is 0.111. The number of benzene rings is 2. The zero-order valence-corrected chi connectivity index (χ0v) is 13.8. The Morgan fingerprint density at radius 2 is 1.64 bits per heavy atom. The van der Waals surface area contributed by atoms with Gasteiger partial charge in [0, 0.05) is 5.70 Å². The van der Waals surface area contributed by atoms with Crippen molar-refractivity contribution >= 4 is 11.6 Å². The zero-order valence-electron chi connectivity index (χ0n) is 13.8. The highest BCUT2D eigenvalue weighted by molar-refractivity contribution is 5.77. The van der Waals surface area contributed by atoms with Crippen LogP contribution in [0.4, 0.5) is 32.3 Å². The number of nitrogens with zero attached hydrogens (tertiary/aromatic N) is 3. The molecule has 1 N–H and O–H groups in total. The molecular formula is C18H10F6N4. The molecular weight excluding hydrogens is 386 g/mol. The first kappa shape index (κ1) is 18.1. The highest BCUT2D eigenvalue weighted by Gasteiger charge is 2.39. The third kappa shape index (κ3) is 3.21. The van der Waals surface area contributed by atoms with E-state index >= 15 is 0 Å². The second kappa shape index (κ2) is 6.39. The van der Waals surface area contributed by atoms with Gasteiger partial charge in [-0.3, -0.25) is 0 Å². The van der Waals surface area contributed by atoms with E-state index in [1.54, 1.807) is 0 Å². The minimum Gasteiger partial charge on any atom is -0.324 e. The Bertz CT molecular complexity index is 1070. The van der Waals surface area contributed by atoms with Crippen LogP contribution < -0.4 is 5.32 Å². The van der Waals surface area contributed by atoms with E-state index in [1.807, 2.05) is 0 Å². The summed E-state index contributed by atoms with van der Waals surface area (Å²) in [5.74, 6) is -4.33. The Kier molecular flexibility index (Phi) is 4.13. The lowest BCUT2D eigenvalue weighted by atomic mass is 10.0. The van der Waals surface area contributed by atoms with Gasteiger partial charge in [0.15, 0.2) is 11.6 Å². The van der Waals surface area contributed by atoms with Gasteiger partial charge in [-0.05, 0) is 53.6 Å². The van der Waals surface area contributed by atoms with Crippen LogP contribution in [0, 0.1) is 17.5 Å². The van der Waals surface area contributed by atoms with E-state index in [0.717, 1.165) is 16.8 Å². The summed E-state index contributed by atoms with van der Waals surface area (Å²) in [6, 6.07) is 7.22. The first-order valence-corrected chi connectivity index (χ1v) is 7.96. The van der Waals surface area contributed by atoms with Crippen LogP contribution in [0.1, 0.15) is 23.0 Å². The van der Waals surface area contributed by atoms with Crippen LogP contribution in [0.25, 0.3) is 5.70 Å². The van der Waals surface area contributed by atoms with Crippen LogP contribution in [0.5, 0.6) is 0 Å². The molecule has 2 aromatic carbocycles. The van der Waals surface area contributed by atoms with Crippen molar-refractivity contribution in [1.29, 1.82) is 0 Å².